The Morgan fingerprint density at radius 2 is 2.17 bits per heavy atom. The number of dihydropyridines is 1. The molecule has 5 nitrogen and oxygen atoms in total. The molecule has 1 aromatic rings. The smallest absolute Gasteiger partial charge is 0.196 e. The van der Waals surface area contributed by atoms with Gasteiger partial charge in [0.15, 0.2) is 5.78 Å². The van der Waals surface area contributed by atoms with E-state index in [0.717, 1.165) is 0 Å². The molecule has 0 saturated heterocycles. The van der Waals surface area contributed by atoms with E-state index in [-0.39, 0.29) is 5.78 Å². The van der Waals surface area contributed by atoms with Crippen LogP contribution in [0.15, 0.2) is 35.5 Å². The highest BCUT2D eigenvalue weighted by molar-refractivity contribution is 6.34. The number of rotatable bonds is 1. The summed E-state index contributed by atoms with van der Waals surface area (Å²) in [5.41, 5.74) is 1.26. The van der Waals surface area contributed by atoms with Gasteiger partial charge in [-0.05, 0) is 24.3 Å². The van der Waals surface area contributed by atoms with Gasteiger partial charge in [0, 0.05) is 11.5 Å². The van der Waals surface area contributed by atoms with Gasteiger partial charge in [-0.25, -0.2) is 4.99 Å². The third kappa shape index (κ3) is 2.76. The molecule has 0 atom stereocenters. The minimum Gasteiger partial charge on any atom is -0.495 e. The van der Waals surface area contributed by atoms with Crippen molar-refractivity contribution in [2.24, 2.45) is 4.99 Å². The molecular formula is C13H13N3O2. The van der Waals surface area contributed by atoms with E-state index in [4.69, 9.17) is 4.74 Å². The zero-order valence-electron chi connectivity index (χ0n) is 9.93. The molecule has 0 aliphatic carbocycles. The lowest BCUT2D eigenvalue weighted by Crippen LogP contribution is -2.21. The van der Waals surface area contributed by atoms with Gasteiger partial charge in [-0.15, -0.1) is 0 Å². The summed E-state index contributed by atoms with van der Waals surface area (Å²) < 4.78 is 5.14. The second-order valence-corrected chi connectivity index (χ2v) is 3.63. The van der Waals surface area contributed by atoms with Crippen LogP contribution in [0, 0.1) is 0 Å². The van der Waals surface area contributed by atoms with Gasteiger partial charge in [-0.3, -0.25) is 4.79 Å². The average molecular weight is 243 g/mol. The second kappa shape index (κ2) is 5.18. The van der Waals surface area contributed by atoms with Gasteiger partial charge >= 0.3 is 0 Å². The van der Waals surface area contributed by atoms with E-state index in [1.54, 1.807) is 31.5 Å². The molecule has 1 aromatic heterocycles. The molecule has 92 valence electrons. The molecule has 0 aromatic carbocycles. The molecule has 2 rings (SSSR count). The summed E-state index contributed by atoms with van der Waals surface area (Å²) in [6.07, 6.45) is 6.05. The Morgan fingerprint density at radius 3 is 2.83 bits per heavy atom. The van der Waals surface area contributed by atoms with Crippen LogP contribution < -0.4 is 15.6 Å². The maximum atomic E-state index is 11.0. The predicted molar refractivity (Wildman–Crippen MR) is 70.1 cm³/mol. The summed E-state index contributed by atoms with van der Waals surface area (Å²) >= 11 is 0. The van der Waals surface area contributed by atoms with Crippen molar-refractivity contribution in [2.75, 3.05) is 7.11 Å². The molecule has 5 heteroatoms. The van der Waals surface area contributed by atoms with E-state index >= 15 is 0 Å². The molecule has 0 bridgehead atoms. The standard InChI is InChI=1S/C13H13N3O2/c1-9-3-5-11(18-2)8-15-13(16-9)12-6-4-10(17)7-14-12/h3-8,15-16H,1H2,2H3. The Morgan fingerprint density at radius 1 is 1.33 bits per heavy atom. The lowest BCUT2D eigenvalue weighted by Gasteiger charge is -2.00. The van der Waals surface area contributed by atoms with Crippen molar-refractivity contribution >= 4 is 24.3 Å². The number of carbonyl (C=O) groups excluding carboxylic acids is 1. The minimum atomic E-state index is -0.128. The number of nitrogens with one attached hydrogen (secondary N) is 2. The Balaban J connectivity index is 2.69. The maximum Gasteiger partial charge on any atom is 0.196 e. The lowest BCUT2D eigenvalue weighted by molar-refractivity contribution is -0.108. The van der Waals surface area contributed by atoms with Gasteiger partial charge in [0.1, 0.15) is 16.9 Å². The number of nitrogens with zero attached hydrogens (tertiary/aromatic N) is 1. The van der Waals surface area contributed by atoms with E-state index < -0.39 is 0 Å². The van der Waals surface area contributed by atoms with Crippen molar-refractivity contribution in [3.63, 3.8) is 0 Å². The molecule has 0 radical (unpaired) electrons. The van der Waals surface area contributed by atoms with E-state index in [2.05, 4.69) is 21.5 Å². The summed E-state index contributed by atoms with van der Waals surface area (Å²) in [6.45, 7) is 3.85. The number of methoxy groups -OCH3 is 1. The van der Waals surface area contributed by atoms with Gasteiger partial charge in [-0.1, -0.05) is 6.58 Å². The number of ketones is 1. The zero-order chi connectivity index (χ0) is 13.0. The van der Waals surface area contributed by atoms with Gasteiger partial charge in [-0.2, -0.15) is 0 Å². The molecule has 0 fully saturated rings. The number of allylic oxidation sites excluding steroid dienone is 1. The van der Waals surface area contributed by atoms with Crippen molar-refractivity contribution in [1.29, 1.82) is 0 Å². The van der Waals surface area contributed by atoms with Crippen LogP contribution in [-0.2, 0) is 4.79 Å². The van der Waals surface area contributed by atoms with Crippen LogP contribution in [0.25, 0.3) is 12.3 Å². The van der Waals surface area contributed by atoms with Crippen LogP contribution in [-0.4, -0.2) is 29.1 Å². The van der Waals surface area contributed by atoms with E-state index in [0.29, 0.717) is 22.3 Å². The topological polar surface area (TPSA) is 70.2 Å². The molecule has 18 heavy (non-hydrogen) atoms. The monoisotopic (exact) mass is 243 g/mol. The van der Waals surface area contributed by atoms with Gasteiger partial charge in [0.25, 0.3) is 0 Å². The van der Waals surface area contributed by atoms with Crippen LogP contribution >= 0.6 is 0 Å². The molecule has 0 saturated carbocycles. The third-order valence-corrected chi connectivity index (χ3v) is 2.32. The zero-order valence-corrected chi connectivity index (χ0v) is 9.93. The Kier molecular flexibility index (Phi) is 3.43. The maximum absolute atomic E-state index is 11.0. The van der Waals surface area contributed by atoms with Crippen molar-refractivity contribution < 1.29 is 9.53 Å². The highest BCUT2D eigenvalue weighted by Gasteiger charge is 2.00. The van der Waals surface area contributed by atoms with Crippen molar-refractivity contribution in [1.82, 2.24) is 9.97 Å². The van der Waals surface area contributed by atoms with Crippen molar-refractivity contribution in [2.45, 2.75) is 0 Å². The van der Waals surface area contributed by atoms with Gasteiger partial charge in [0.2, 0.25) is 0 Å². The summed E-state index contributed by atoms with van der Waals surface area (Å²) in [7, 11) is 1.58. The number of hydrogen-bond donors (Lipinski definition) is 2. The number of aliphatic imine (C=N–C) groups is 1. The quantitative estimate of drug-likeness (QED) is 0.740. The Labute approximate surface area is 104 Å². The summed E-state index contributed by atoms with van der Waals surface area (Å²) in [4.78, 5) is 21.2. The number of ether oxygens (including phenoxy) is 1. The molecule has 1 aliphatic heterocycles. The molecule has 0 spiro atoms. The van der Waals surface area contributed by atoms with Crippen LogP contribution in [0.5, 0.6) is 5.75 Å². The first-order chi connectivity index (χ1) is 8.69. The minimum absolute atomic E-state index is 0.128. The summed E-state index contributed by atoms with van der Waals surface area (Å²) in [5, 5.41) is 0.688. The van der Waals surface area contributed by atoms with Crippen molar-refractivity contribution in [3.05, 3.63) is 41.3 Å². The normalized spacial score (nSPS) is 16.6. The van der Waals surface area contributed by atoms with Crippen LogP contribution in [0.4, 0.5) is 0 Å². The predicted octanol–water partition coefficient (Wildman–Crippen LogP) is 0.204. The van der Waals surface area contributed by atoms with Crippen LogP contribution in [0.3, 0.4) is 0 Å². The molecule has 0 unspecified atom stereocenters. The largest absolute Gasteiger partial charge is 0.495 e. The first kappa shape index (κ1) is 11.9. The number of aromatic nitrogens is 2. The Bertz CT molecular complexity index is 657. The average Bonchev–Trinajstić information content (AvgIpc) is 2.36. The summed E-state index contributed by atoms with van der Waals surface area (Å²) in [6, 6.07) is 3.57. The lowest BCUT2D eigenvalue weighted by atomic mass is 10.3. The van der Waals surface area contributed by atoms with E-state index in [1.807, 2.05) is 0 Å². The van der Waals surface area contributed by atoms with Crippen molar-refractivity contribution in [3.8, 4) is 5.75 Å². The fraction of sp³-hybridized carbons (Fsp3) is 0.0769. The van der Waals surface area contributed by atoms with E-state index in [1.165, 1.54) is 12.3 Å². The second-order valence-electron chi connectivity index (χ2n) is 3.63. The molecule has 0 amide bonds. The van der Waals surface area contributed by atoms with Gasteiger partial charge < -0.3 is 14.7 Å². The number of carbonyl (C=O) groups is 1. The highest BCUT2D eigenvalue weighted by atomic mass is 16.5. The van der Waals surface area contributed by atoms with Crippen LogP contribution in [0.2, 0.25) is 0 Å². The fourth-order valence-corrected chi connectivity index (χ4v) is 1.41. The first-order valence-corrected chi connectivity index (χ1v) is 5.34. The molecule has 1 aliphatic rings. The SMILES string of the molecule is C=c1ccc(OC)c[nH]c(=C2C=CC(=O)C=N2)[nH]1. The van der Waals surface area contributed by atoms with Gasteiger partial charge in [0.05, 0.1) is 13.3 Å². The fourth-order valence-electron chi connectivity index (χ4n) is 1.41. The molecule has 2 heterocycles. The molecular weight excluding hydrogens is 230 g/mol. The number of aromatic amines is 2. The number of hydrogen-bond acceptors (Lipinski definition) is 3. The van der Waals surface area contributed by atoms with Crippen LogP contribution in [0.1, 0.15) is 0 Å². The highest BCUT2D eigenvalue weighted by Crippen LogP contribution is 2.02. The van der Waals surface area contributed by atoms with E-state index in [9.17, 15) is 4.79 Å². The molecule has 2 N–H and O–H groups in total. The third-order valence-electron chi connectivity index (χ3n) is 2.32. The summed E-state index contributed by atoms with van der Waals surface area (Å²) in [5.74, 6) is 0.535. The first-order valence-electron chi connectivity index (χ1n) is 5.34. The number of H-pyrrole nitrogens is 2. The Hall–Kier alpha value is -2.56.